The Morgan fingerprint density at radius 2 is 2.04 bits per heavy atom. The van der Waals surface area contributed by atoms with Crippen LogP contribution in [0.15, 0.2) is 48.7 Å². The second-order valence-electron chi connectivity index (χ2n) is 6.12. The first-order chi connectivity index (χ1) is 12.7. The van der Waals surface area contributed by atoms with E-state index in [-0.39, 0.29) is 12.5 Å². The van der Waals surface area contributed by atoms with Crippen molar-refractivity contribution in [3.05, 3.63) is 54.5 Å². The summed E-state index contributed by atoms with van der Waals surface area (Å²) in [5.41, 5.74) is 1.97. The molecule has 0 aliphatic heterocycles. The van der Waals surface area contributed by atoms with Gasteiger partial charge in [0.25, 0.3) is 0 Å². The van der Waals surface area contributed by atoms with Gasteiger partial charge in [0.2, 0.25) is 12.3 Å². The minimum Gasteiger partial charge on any atom is -0.350 e. The van der Waals surface area contributed by atoms with Gasteiger partial charge in [0, 0.05) is 12.1 Å². The molecule has 1 aromatic heterocycles. The lowest BCUT2D eigenvalue weighted by Crippen LogP contribution is -2.38. The van der Waals surface area contributed by atoms with Crippen molar-refractivity contribution in [3.63, 3.8) is 0 Å². The van der Waals surface area contributed by atoms with Crippen LogP contribution in [0.3, 0.4) is 0 Å². The molecule has 0 aliphatic rings. The predicted molar refractivity (Wildman–Crippen MR) is 101 cm³/mol. The Morgan fingerprint density at radius 3 is 2.81 bits per heavy atom. The van der Waals surface area contributed by atoms with Crippen molar-refractivity contribution in [2.45, 2.75) is 19.9 Å². The first-order valence-corrected chi connectivity index (χ1v) is 8.69. The number of carbonyl (C=O) groups is 2. The molecule has 0 fully saturated rings. The molecule has 134 valence electrons. The van der Waals surface area contributed by atoms with Crippen LogP contribution >= 0.6 is 0 Å². The Labute approximate surface area is 152 Å². The molecule has 0 saturated carbocycles. The predicted octanol–water partition coefficient (Wildman–Crippen LogP) is 2.71. The Hall–Kier alpha value is -3.15. The quantitative estimate of drug-likeness (QED) is 0.613. The molecule has 0 spiro atoms. The van der Waals surface area contributed by atoms with Crippen LogP contribution in [-0.2, 0) is 16.1 Å². The van der Waals surface area contributed by atoms with Crippen LogP contribution in [-0.4, -0.2) is 40.3 Å². The fourth-order valence-corrected chi connectivity index (χ4v) is 2.93. The molecule has 2 aromatic carbocycles. The SMILES string of the molecule is CCCN(Cc1ncc(-c2ccc3ccccc3c2)[nH]1)C(=O)CNC=O. The fourth-order valence-electron chi connectivity index (χ4n) is 2.93. The number of fused-ring (bicyclic) bond motifs is 1. The van der Waals surface area contributed by atoms with Crippen LogP contribution in [0.5, 0.6) is 0 Å². The molecule has 26 heavy (non-hydrogen) atoms. The summed E-state index contributed by atoms with van der Waals surface area (Å²) in [6.45, 7) is 3.02. The number of nitrogens with zero attached hydrogens (tertiary/aromatic N) is 2. The molecule has 0 saturated heterocycles. The Bertz CT molecular complexity index is 903. The number of nitrogens with one attached hydrogen (secondary N) is 2. The number of carbonyl (C=O) groups excluding carboxylic acids is 2. The van der Waals surface area contributed by atoms with E-state index in [0.717, 1.165) is 23.5 Å². The smallest absolute Gasteiger partial charge is 0.242 e. The van der Waals surface area contributed by atoms with Crippen LogP contribution in [0.4, 0.5) is 0 Å². The van der Waals surface area contributed by atoms with Gasteiger partial charge in [-0.2, -0.15) is 0 Å². The molecule has 0 bridgehead atoms. The maximum Gasteiger partial charge on any atom is 0.242 e. The molecule has 3 rings (SSSR count). The molecule has 1 heterocycles. The largest absolute Gasteiger partial charge is 0.350 e. The second-order valence-corrected chi connectivity index (χ2v) is 6.12. The third-order valence-electron chi connectivity index (χ3n) is 4.21. The number of rotatable bonds is 8. The second kappa shape index (κ2) is 8.29. The molecule has 2 N–H and O–H groups in total. The molecule has 2 amide bonds. The normalized spacial score (nSPS) is 10.7. The van der Waals surface area contributed by atoms with Gasteiger partial charge in [-0.05, 0) is 23.3 Å². The summed E-state index contributed by atoms with van der Waals surface area (Å²) in [6, 6.07) is 14.5. The highest BCUT2D eigenvalue weighted by Crippen LogP contribution is 2.23. The first-order valence-electron chi connectivity index (χ1n) is 8.69. The summed E-state index contributed by atoms with van der Waals surface area (Å²) < 4.78 is 0. The fraction of sp³-hybridized carbons (Fsp3) is 0.250. The summed E-state index contributed by atoms with van der Waals surface area (Å²) in [5, 5.41) is 4.78. The van der Waals surface area contributed by atoms with Crippen molar-refractivity contribution in [1.82, 2.24) is 20.2 Å². The minimum absolute atomic E-state index is 0.00173. The molecule has 3 aromatic rings. The lowest BCUT2D eigenvalue weighted by Gasteiger charge is -2.20. The zero-order valence-corrected chi connectivity index (χ0v) is 14.7. The average Bonchev–Trinajstić information content (AvgIpc) is 3.14. The molecule has 6 nitrogen and oxygen atoms in total. The van der Waals surface area contributed by atoms with Crippen LogP contribution in [0.2, 0.25) is 0 Å². The maximum atomic E-state index is 12.2. The highest BCUT2D eigenvalue weighted by molar-refractivity contribution is 5.86. The standard InChI is InChI=1S/C20H22N4O2/c1-2-9-24(20(26)12-21-14-25)13-19-22-11-18(23-19)17-8-7-15-5-3-4-6-16(15)10-17/h3-8,10-11,14H,2,9,12-13H2,1H3,(H,21,25)(H,22,23). The zero-order chi connectivity index (χ0) is 18.4. The number of benzene rings is 2. The van der Waals surface area contributed by atoms with E-state index in [9.17, 15) is 9.59 Å². The van der Waals surface area contributed by atoms with E-state index in [0.29, 0.717) is 19.5 Å². The van der Waals surface area contributed by atoms with E-state index in [1.54, 1.807) is 11.1 Å². The average molecular weight is 350 g/mol. The third-order valence-corrected chi connectivity index (χ3v) is 4.21. The topological polar surface area (TPSA) is 78.1 Å². The van der Waals surface area contributed by atoms with E-state index in [4.69, 9.17) is 0 Å². The first kappa shape index (κ1) is 17.7. The highest BCUT2D eigenvalue weighted by Gasteiger charge is 2.14. The third kappa shape index (κ3) is 4.08. The lowest BCUT2D eigenvalue weighted by molar-refractivity contribution is -0.132. The van der Waals surface area contributed by atoms with Crippen molar-refractivity contribution < 1.29 is 9.59 Å². The number of aromatic nitrogens is 2. The van der Waals surface area contributed by atoms with E-state index in [1.807, 2.05) is 19.1 Å². The van der Waals surface area contributed by atoms with Crippen LogP contribution in [0, 0.1) is 0 Å². The maximum absolute atomic E-state index is 12.2. The van der Waals surface area contributed by atoms with E-state index in [2.05, 4.69) is 45.6 Å². The van der Waals surface area contributed by atoms with Crippen LogP contribution in [0.25, 0.3) is 22.0 Å². The van der Waals surface area contributed by atoms with Gasteiger partial charge in [-0.3, -0.25) is 9.59 Å². The van der Waals surface area contributed by atoms with Gasteiger partial charge < -0.3 is 15.2 Å². The van der Waals surface area contributed by atoms with Gasteiger partial charge in [-0.25, -0.2) is 4.98 Å². The minimum atomic E-state index is -0.123. The monoisotopic (exact) mass is 350 g/mol. The van der Waals surface area contributed by atoms with Gasteiger partial charge in [-0.15, -0.1) is 0 Å². The van der Waals surface area contributed by atoms with Crippen LogP contribution < -0.4 is 5.32 Å². The summed E-state index contributed by atoms with van der Waals surface area (Å²) in [4.78, 5) is 32.0. The number of H-pyrrole nitrogens is 1. The van der Waals surface area contributed by atoms with Crippen molar-refractivity contribution >= 4 is 23.1 Å². The molecular formula is C20H22N4O2. The van der Waals surface area contributed by atoms with Crippen molar-refractivity contribution in [2.24, 2.45) is 0 Å². The number of amides is 2. The molecule has 0 radical (unpaired) electrons. The zero-order valence-electron chi connectivity index (χ0n) is 14.7. The van der Waals surface area contributed by atoms with Crippen molar-refractivity contribution in [2.75, 3.05) is 13.1 Å². The summed E-state index contributed by atoms with van der Waals surface area (Å²) >= 11 is 0. The van der Waals surface area contributed by atoms with Gasteiger partial charge in [0.1, 0.15) is 5.82 Å². The van der Waals surface area contributed by atoms with Crippen LogP contribution in [0.1, 0.15) is 19.2 Å². The Kier molecular flexibility index (Phi) is 5.63. The highest BCUT2D eigenvalue weighted by atomic mass is 16.2. The molecule has 6 heteroatoms. The number of imidazole rings is 1. The number of aromatic amines is 1. The number of hydrogen-bond acceptors (Lipinski definition) is 3. The summed E-state index contributed by atoms with van der Waals surface area (Å²) in [5.74, 6) is 0.601. The van der Waals surface area contributed by atoms with E-state index < -0.39 is 0 Å². The molecule has 0 atom stereocenters. The number of hydrogen-bond donors (Lipinski definition) is 2. The van der Waals surface area contributed by atoms with E-state index in [1.165, 1.54) is 10.8 Å². The van der Waals surface area contributed by atoms with Gasteiger partial charge in [0.15, 0.2) is 0 Å². The Balaban J connectivity index is 1.76. The molecule has 0 aliphatic carbocycles. The van der Waals surface area contributed by atoms with Gasteiger partial charge in [0.05, 0.1) is 25.0 Å². The van der Waals surface area contributed by atoms with Crippen molar-refractivity contribution in [1.29, 1.82) is 0 Å². The lowest BCUT2D eigenvalue weighted by atomic mass is 10.1. The van der Waals surface area contributed by atoms with Crippen molar-refractivity contribution in [3.8, 4) is 11.3 Å². The van der Waals surface area contributed by atoms with Gasteiger partial charge in [-0.1, -0.05) is 43.3 Å². The molecular weight excluding hydrogens is 328 g/mol. The van der Waals surface area contributed by atoms with Gasteiger partial charge >= 0.3 is 0 Å². The van der Waals surface area contributed by atoms with E-state index >= 15 is 0 Å². The summed E-state index contributed by atoms with van der Waals surface area (Å²) in [6.07, 6.45) is 3.16. The molecule has 0 unspecified atom stereocenters. The summed E-state index contributed by atoms with van der Waals surface area (Å²) in [7, 11) is 0. The Morgan fingerprint density at radius 1 is 1.23 bits per heavy atom.